The highest BCUT2D eigenvalue weighted by Crippen LogP contribution is 2.40. The van der Waals surface area contributed by atoms with Gasteiger partial charge < -0.3 is 9.71 Å². The van der Waals surface area contributed by atoms with Crippen molar-refractivity contribution in [2.45, 2.75) is 34.9 Å². The van der Waals surface area contributed by atoms with Gasteiger partial charge in [-0.3, -0.25) is 24.5 Å². The second-order valence-electron chi connectivity index (χ2n) is 9.27. The first-order chi connectivity index (χ1) is 17.4. The molecule has 1 saturated heterocycles. The summed E-state index contributed by atoms with van der Waals surface area (Å²) in [5.41, 5.74) is -2.60. The average Bonchev–Trinajstić information content (AvgIpc) is 3.18. The van der Waals surface area contributed by atoms with E-state index in [2.05, 4.69) is 0 Å². The van der Waals surface area contributed by atoms with Crippen molar-refractivity contribution in [3.63, 3.8) is 0 Å². The molecule has 4 amide bonds. The molecular weight excluding hydrogens is 509 g/mol. The van der Waals surface area contributed by atoms with Crippen molar-refractivity contribution in [3.8, 4) is 0 Å². The fraction of sp³-hybridized carbons (Fsp3) is 0.273. The van der Waals surface area contributed by atoms with E-state index in [-0.39, 0.29) is 33.1 Å². The Morgan fingerprint density at radius 1 is 1.00 bits per heavy atom. The van der Waals surface area contributed by atoms with Crippen LogP contribution in [-0.4, -0.2) is 86.0 Å². The van der Waals surface area contributed by atoms with Crippen molar-refractivity contribution in [1.29, 1.82) is 0 Å². The number of benzene rings is 2. The third kappa shape index (κ3) is 4.38. The van der Waals surface area contributed by atoms with Crippen molar-refractivity contribution >= 4 is 82.4 Å². The summed E-state index contributed by atoms with van der Waals surface area (Å²) in [6.45, 7) is -0.286. The van der Waals surface area contributed by atoms with Gasteiger partial charge in [-0.25, -0.2) is 0 Å². The molecule has 0 saturated carbocycles. The molecule has 4 rings (SSSR count). The van der Waals surface area contributed by atoms with Crippen LogP contribution < -0.4 is 5.32 Å². The van der Waals surface area contributed by atoms with Gasteiger partial charge in [0.1, 0.15) is 7.85 Å². The Kier molecular flexibility index (Phi) is 6.70. The van der Waals surface area contributed by atoms with Crippen molar-refractivity contribution in [2.75, 3.05) is 0 Å². The molecule has 2 aromatic carbocycles. The van der Waals surface area contributed by atoms with E-state index in [9.17, 15) is 28.0 Å². The van der Waals surface area contributed by atoms with E-state index in [1.54, 1.807) is 0 Å². The minimum Gasteiger partial charge on any atom is -0.398 e. The lowest BCUT2D eigenvalue weighted by Crippen LogP contribution is -2.67. The monoisotopic (exact) mass is 521 g/mol. The Bertz CT molecular complexity index is 1380. The number of nitrogens with zero attached hydrogens (tertiary/aromatic N) is 2. The zero-order valence-electron chi connectivity index (χ0n) is 19.6. The lowest BCUT2D eigenvalue weighted by molar-refractivity contribution is -0.155. The van der Waals surface area contributed by atoms with Gasteiger partial charge in [0.15, 0.2) is 0 Å². The number of alkyl halides is 2. The molecule has 0 unspecified atom stereocenters. The smallest absolute Gasteiger partial charge is 0.348 e. The molecule has 1 fully saturated rings. The SMILES string of the molecule is [B]N(C(=O)C(F)(F)c1ccc(Cl)cc1)C([B])([B])c1ccc2c(c1)CN([C@@]1([B])CC([B])([B])C(=O)NC1=O)C2=O. The Morgan fingerprint density at radius 2 is 1.58 bits per heavy atom. The summed E-state index contributed by atoms with van der Waals surface area (Å²) in [4.78, 5) is 51.2. The predicted molar refractivity (Wildman–Crippen MR) is 138 cm³/mol. The first-order valence-corrected chi connectivity index (χ1v) is 11.3. The minimum atomic E-state index is -4.11. The predicted octanol–water partition coefficient (Wildman–Crippen LogP) is -0.188. The number of hydrogen-bond acceptors (Lipinski definition) is 4. The van der Waals surface area contributed by atoms with Crippen LogP contribution in [0.3, 0.4) is 0 Å². The van der Waals surface area contributed by atoms with Crippen LogP contribution in [0, 0.1) is 0 Å². The number of amides is 4. The van der Waals surface area contributed by atoms with Gasteiger partial charge in [-0.2, -0.15) is 8.78 Å². The van der Waals surface area contributed by atoms with Crippen LogP contribution in [0.25, 0.3) is 0 Å². The van der Waals surface area contributed by atoms with Gasteiger partial charge in [0.2, 0.25) is 19.8 Å². The Balaban J connectivity index is 1.62. The largest absolute Gasteiger partial charge is 0.398 e. The third-order valence-electron chi connectivity index (χ3n) is 6.55. The second kappa shape index (κ2) is 9.07. The highest BCUT2D eigenvalue weighted by Gasteiger charge is 2.53. The third-order valence-corrected chi connectivity index (χ3v) is 6.80. The maximum Gasteiger partial charge on any atom is 0.348 e. The first-order valence-electron chi connectivity index (χ1n) is 10.9. The van der Waals surface area contributed by atoms with Gasteiger partial charge in [0.05, 0.1) is 36.8 Å². The van der Waals surface area contributed by atoms with Crippen molar-refractivity contribution in [1.82, 2.24) is 15.0 Å². The Labute approximate surface area is 229 Å². The number of hydrogen-bond donors (Lipinski definition) is 1. The standard InChI is InChI=1S/C22H12B6ClF2N3O4/c23-19(24)9-20(25,17(37)32-16(19)36)33-8-10-7-12(3-6-14(10)15(33)35)22(26,27)34(28)18(38)21(30,31)11-1-4-13(29)5-2-11/h1-7H,8-9H2,(H,32,36,37)/t20-/m0/s1. The summed E-state index contributed by atoms with van der Waals surface area (Å²) in [5.74, 6) is -8.68. The number of halogens is 3. The number of carbonyl (C=O) groups is 4. The van der Waals surface area contributed by atoms with Crippen molar-refractivity contribution < 1.29 is 28.0 Å². The van der Waals surface area contributed by atoms with Gasteiger partial charge in [-0.05, 0) is 46.3 Å². The normalized spacial score (nSPS) is 21.1. The molecule has 2 aliphatic heterocycles. The van der Waals surface area contributed by atoms with E-state index in [0.29, 0.717) is 0 Å². The van der Waals surface area contributed by atoms with Crippen LogP contribution in [-0.2, 0) is 32.2 Å². The highest BCUT2D eigenvalue weighted by molar-refractivity contribution is 6.53. The average molecular weight is 521 g/mol. The van der Waals surface area contributed by atoms with E-state index in [4.69, 9.17) is 58.8 Å². The number of rotatable bonds is 5. The number of fused-ring (bicyclic) bond motifs is 1. The molecule has 2 aromatic rings. The number of nitrogens with one attached hydrogen (secondary N) is 1. The quantitative estimate of drug-likeness (QED) is 0.438. The Hall–Kier alpha value is -2.94. The molecule has 178 valence electrons. The lowest BCUT2D eigenvalue weighted by Gasteiger charge is -2.46. The summed E-state index contributed by atoms with van der Waals surface area (Å²) in [6.07, 6.45) is -0.584. The van der Waals surface area contributed by atoms with Crippen LogP contribution in [0.4, 0.5) is 8.78 Å². The highest BCUT2D eigenvalue weighted by atomic mass is 35.5. The molecule has 1 N–H and O–H groups in total. The maximum absolute atomic E-state index is 14.9. The summed E-state index contributed by atoms with van der Waals surface area (Å²) in [7, 11) is 35.5. The molecule has 0 aliphatic carbocycles. The van der Waals surface area contributed by atoms with E-state index in [0.717, 1.165) is 17.0 Å². The van der Waals surface area contributed by atoms with Crippen LogP contribution in [0.5, 0.6) is 0 Å². The van der Waals surface area contributed by atoms with E-state index in [1.165, 1.54) is 30.3 Å². The minimum absolute atomic E-state index is 0.0142. The molecular formula is C22H12B6ClF2N3O4. The fourth-order valence-electron chi connectivity index (χ4n) is 4.29. The van der Waals surface area contributed by atoms with Gasteiger partial charge >= 0.3 is 5.92 Å². The topological polar surface area (TPSA) is 86.8 Å². The zero-order valence-corrected chi connectivity index (χ0v) is 20.3. The molecule has 0 spiro atoms. The molecule has 2 heterocycles. The van der Waals surface area contributed by atoms with Crippen molar-refractivity contribution in [3.05, 3.63) is 69.7 Å². The van der Waals surface area contributed by atoms with E-state index in [1.807, 2.05) is 5.32 Å². The van der Waals surface area contributed by atoms with E-state index >= 15 is 0 Å². The molecule has 1 atom stereocenters. The van der Waals surface area contributed by atoms with Gasteiger partial charge in [-0.1, -0.05) is 35.9 Å². The van der Waals surface area contributed by atoms with Crippen LogP contribution >= 0.6 is 11.6 Å². The summed E-state index contributed by atoms with van der Waals surface area (Å²) in [6, 6.07) is 7.97. The van der Waals surface area contributed by atoms with Crippen LogP contribution in [0.1, 0.15) is 33.5 Å². The van der Waals surface area contributed by atoms with E-state index < -0.39 is 57.5 Å². The fourth-order valence-corrected chi connectivity index (χ4v) is 4.41. The molecule has 0 bridgehead atoms. The van der Waals surface area contributed by atoms with Crippen molar-refractivity contribution in [2.24, 2.45) is 0 Å². The van der Waals surface area contributed by atoms with Crippen LogP contribution in [0.2, 0.25) is 10.2 Å². The zero-order chi connectivity index (χ0) is 28.4. The number of imide groups is 1. The lowest BCUT2D eigenvalue weighted by atomic mass is 9.45. The number of carbonyl (C=O) groups excluding carboxylic acids is 4. The molecule has 0 aromatic heterocycles. The molecule has 16 heteroatoms. The number of piperidine rings is 1. The van der Waals surface area contributed by atoms with Crippen LogP contribution in [0.15, 0.2) is 42.5 Å². The Morgan fingerprint density at radius 3 is 2.18 bits per heavy atom. The van der Waals surface area contributed by atoms with Gasteiger partial charge in [0, 0.05) is 22.7 Å². The molecule has 7 nitrogen and oxygen atoms in total. The first kappa shape index (κ1) is 28.1. The summed E-state index contributed by atoms with van der Waals surface area (Å²) >= 11 is 5.72. The maximum atomic E-state index is 14.9. The molecule has 12 radical (unpaired) electrons. The summed E-state index contributed by atoms with van der Waals surface area (Å²) in [5, 5.41) is -2.37. The molecule has 2 aliphatic rings. The van der Waals surface area contributed by atoms with Gasteiger partial charge in [-0.15, -0.1) is 0 Å². The molecule has 38 heavy (non-hydrogen) atoms. The second-order valence-corrected chi connectivity index (χ2v) is 9.71. The summed E-state index contributed by atoms with van der Waals surface area (Å²) < 4.78 is 29.8. The van der Waals surface area contributed by atoms with Gasteiger partial charge in [0.25, 0.3) is 11.8 Å².